The van der Waals surface area contributed by atoms with E-state index in [2.05, 4.69) is 29.1 Å². The minimum atomic E-state index is -0.199. The molecule has 0 atom stereocenters. The van der Waals surface area contributed by atoms with Crippen LogP contribution in [0.4, 0.5) is 0 Å². The van der Waals surface area contributed by atoms with E-state index in [-0.39, 0.29) is 5.91 Å². The molecule has 0 aliphatic carbocycles. The number of nitrogens with one attached hydrogen (secondary N) is 1. The van der Waals surface area contributed by atoms with Gasteiger partial charge < -0.3 is 5.32 Å². The van der Waals surface area contributed by atoms with Crippen LogP contribution in [0.1, 0.15) is 19.0 Å². The molecule has 1 heterocycles. The van der Waals surface area contributed by atoms with Gasteiger partial charge in [-0.25, -0.2) is 0 Å². The smallest absolute Gasteiger partial charge is 0.243 e. The van der Waals surface area contributed by atoms with E-state index in [1.165, 1.54) is 6.08 Å². The number of aromatic nitrogens is 3. The average molecular weight is 194 g/mol. The van der Waals surface area contributed by atoms with Crippen molar-refractivity contribution in [3.8, 4) is 0 Å². The highest BCUT2D eigenvalue weighted by Crippen LogP contribution is 1.93. The van der Waals surface area contributed by atoms with Crippen molar-refractivity contribution >= 4 is 5.91 Å². The van der Waals surface area contributed by atoms with Gasteiger partial charge in [0.05, 0.1) is 12.7 Å². The highest BCUT2D eigenvalue weighted by Gasteiger charge is 2.00. The molecule has 5 nitrogen and oxygen atoms in total. The first-order valence-electron chi connectivity index (χ1n) is 4.55. The molecule has 0 aliphatic heterocycles. The Balaban J connectivity index is 2.43. The average Bonchev–Trinajstić information content (AvgIpc) is 2.63. The molecule has 76 valence electrons. The zero-order valence-electron chi connectivity index (χ0n) is 8.23. The minimum Gasteiger partial charge on any atom is -0.347 e. The molecule has 1 rings (SSSR count). The molecule has 0 unspecified atom stereocenters. The second kappa shape index (κ2) is 5.16. The lowest BCUT2D eigenvalue weighted by Crippen LogP contribution is -2.20. The van der Waals surface area contributed by atoms with Gasteiger partial charge in [0.25, 0.3) is 0 Å². The molecule has 1 N–H and O–H groups in total. The standard InChI is InChI=1S/C9H14N4O/c1-3-5-13-7-8(11-12-13)6-10-9(14)4-2/h4,7H,2-3,5-6H2,1H3,(H,10,14). The Morgan fingerprint density at radius 3 is 3.21 bits per heavy atom. The maximum atomic E-state index is 10.8. The Morgan fingerprint density at radius 1 is 1.79 bits per heavy atom. The summed E-state index contributed by atoms with van der Waals surface area (Å²) in [5.41, 5.74) is 0.758. The number of carbonyl (C=O) groups is 1. The summed E-state index contributed by atoms with van der Waals surface area (Å²) in [6.07, 6.45) is 4.07. The van der Waals surface area contributed by atoms with E-state index in [4.69, 9.17) is 0 Å². The zero-order valence-corrected chi connectivity index (χ0v) is 8.23. The van der Waals surface area contributed by atoms with Gasteiger partial charge in [-0.05, 0) is 12.5 Å². The number of hydrogen-bond donors (Lipinski definition) is 1. The molecule has 0 saturated carbocycles. The van der Waals surface area contributed by atoms with Crippen molar-refractivity contribution in [2.24, 2.45) is 0 Å². The highest BCUT2D eigenvalue weighted by molar-refractivity contribution is 5.86. The minimum absolute atomic E-state index is 0.199. The van der Waals surface area contributed by atoms with Crippen molar-refractivity contribution in [2.45, 2.75) is 26.4 Å². The van der Waals surface area contributed by atoms with E-state index in [9.17, 15) is 4.79 Å². The summed E-state index contributed by atoms with van der Waals surface area (Å²) in [4.78, 5) is 10.8. The first kappa shape index (κ1) is 10.4. The number of nitrogens with zero attached hydrogens (tertiary/aromatic N) is 3. The summed E-state index contributed by atoms with van der Waals surface area (Å²) in [6, 6.07) is 0. The van der Waals surface area contributed by atoms with Crippen molar-refractivity contribution in [2.75, 3.05) is 0 Å². The molecule has 0 aliphatic rings. The predicted octanol–water partition coefficient (Wildman–Crippen LogP) is 0.490. The van der Waals surface area contributed by atoms with Gasteiger partial charge in [-0.3, -0.25) is 9.48 Å². The van der Waals surface area contributed by atoms with Gasteiger partial charge in [-0.1, -0.05) is 18.7 Å². The van der Waals surface area contributed by atoms with Crippen LogP contribution < -0.4 is 5.32 Å². The number of amides is 1. The van der Waals surface area contributed by atoms with Crippen molar-refractivity contribution in [3.63, 3.8) is 0 Å². The van der Waals surface area contributed by atoms with Crippen molar-refractivity contribution < 1.29 is 4.79 Å². The highest BCUT2D eigenvalue weighted by atomic mass is 16.1. The Morgan fingerprint density at radius 2 is 2.57 bits per heavy atom. The van der Waals surface area contributed by atoms with E-state index >= 15 is 0 Å². The summed E-state index contributed by atoms with van der Waals surface area (Å²) in [5, 5.41) is 10.4. The Bertz CT molecular complexity index is 318. The van der Waals surface area contributed by atoms with Crippen LogP contribution in [-0.2, 0) is 17.9 Å². The van der Waals surface area contributed by atoms with E-state index in [1.54, 1.807) is 4.68 Å². The molecule has 14 heavy (non-hydrogen) atoms. The molecule has 0 aromatic carbocycles. The van der Waals surface area contributed by atoms with Crippen LogP contribution >= 0.6 is 0 Å². The topological polar surface area (TPSA) is 59.8 Å². The first-order chi connectivity index (χ1) is 6.76. The Kier molecular flexibility index (Phi) is 3.84. The normalized spacial score (nSPS) is 9.79. The molecule has 1 amide bonds. The molecular weight excluding hydrogens is 180 g/mol. The number of rotatable bonds is 5. The second-order valence-electron chi connectivity index (χ2n) is 2.89. The summed E-state index contributed by atoms with van der Waals surface area (Å²) in [7, 11) is 0. The van der Waals surface area contributed by atoms with E-state index < -0.39 is 0 Å². The van der Waals surface area contributed by atoms with Gasteiger partial charge in [-0.15, -0.1) is 5.10 Å². The molecule has 0 fully saturated rings. The van der Waals surface area contributed by atoms with Crippen LogP contribution in [0.15, 0.2) is 18.9 Å². The van der Waals surface area contributed by atoms with E-state index in [0.29, 0.717) is 6.54 Å². The van der Waals surface area contributed by atoms with Crippen molar-refractivity contribution in [1.29, 1.82) is 0 Å². The van der Waals surface area contributed by atoms with Gasteiger partial charge >= 0.3 is 0 Å². The quantitative estimate of drug-likeness (QED) is 0.694. The van der Waals surface area contributed by atoms with Crippen molar-refractivity contribution in [3.05, 3.63) is 24.5 Å². The van der Waals surface area contributed by atoms with Crippen LogP contribution in [-0.4, -0.2) is 20.9 Å². The van der Waals surface area contributed by atoms with Crippen LogP contribution in [0.25, 0.3) is 0 Å². The monoisotopic (exact) mass is 194 g/mol. The molecule has 5 heteroatoms. The lowest BCUT2D eigenvalue weighted by molar-refractivity contribution is -0.116. The lowest BCUT2D eigenvalue weighted by Gasteiger charge is -1.96. The van der Waals surface area contributed by atoms with E-state index in [0.717, 1.165) is 18.7 Å². The molecule has 1 aromatic heterocycles. The predicted molar refractivity (Wildman–Crippen MR) is 52.4 cm³/mol. The van der Waals surface area contributed by atoms with Crippen molar-refractivity contribution in [1.82, 2.24) is 20.3 Å². The first-order valence-corrected chi connectivity index (χ1v) is 4.55. The summed E-state index contributed by atoms with van der Waals surface area (Å²) < 4.78 is 1.76. The maximum absolute atomic E-state index is 10.8. The zero-order chi connectivity index (χ0) is 10.4. The lowest BCUT2D eigenvalue weighted by atomic mass is 10.4. The molecule has 0 saturated heterocycles. The molecule has 0 spiro atoms. The van der Waals surface area contributed by atoms with Gasteiger partial charge in [0.2, 0.25) is 5.91 Å². The number of aryl methyl sites for hydroxylation is 1. The largest absolute Gasteiger partial charge is 0.347 e. The fourth-order valence-corrected chi connectivity index (χ4v) is 1.01. The third-order valence-corrected chi connectivity index (χ3v) is 1.67. The number of carbonyl (C=O) groups excluding carboxylic acids is 1. The number of hydrogen-bond acceptors (Lipinski definition) is 3. The van der Waals surface area contributed by atoms with E-state index in [1.807, 2.05) is 6.20 Å². The summed E-state index contributed by atoms with van der Waals surface area (Å²) >= 11 is 0. The Labute approximate surface area is 82.8 Å². The molecular formula is C9H14N4O. The third kappa shape index (κ3) is 3.01. The van der Waals surface area contributed by atoms with Crippen LogP contribution in [0, 0.1) is 0 Å². The Hall–Kier alpha value is -1.65. The molecule has 0 radical (unpaired) electrons. The SMILES string of the molecule is C=CC(=O)NCc1cn(CCC)nn1. The van der Waals surface area contributed by atoms with Crippen LogP contribution in [0.5, 0.6) is 0 Å². The fourth-order valence-electron chi connectivity index (χ4n) is 1.01. The van der Waals surface area contributed by atoms with Crippen LogP contribution in [0.2, 0.25) is 0 Å². The third-order valence-electron chi connectivity index (χ3n) is 1.67. The second-order valence-corrected chi connectivity index (χ2v) is 2.89. The molecule has 0 bridgehead atoms. The van der Waals surface area contributed by atoms with Gasteiger partial charge in [-0.2, -0.15) is 0 Å². The summed E-state index contributed by atoms with van der Waals surface area (Å²) in [5.74, 6) is -0.199. The van der Waals surface area contributed by atoms with Gasteiger partial charge in [0, 0.05) is 6.54 Å². The summed E-state index contributed by atoms with van der Waals surface area (Å²) in [6.45, 7) is 6.67. The maximum Gasteiger partial charge on any atom is 0.243 e. The van der Waals surface area contributed by atoms with Crippen LogP contribution in [0.3, 0.4) is 0 Å². The fraction of sp³-hybridized carbons (Fsp3) is 0.444. The van der Waals surface area contributed by atoms with Gasteiger partial charge in [0.1, 0.15) is 5.69 Å². The molecule has 1 aromatic rings. The van der Waals surface area contributed by atoms with Gasteiger partial charge in [0.15, 0.2) is 0 Å².